The minimum Gasteiger partial charge on any atom is -0.312 e. The van der Waals surface area contributed by atoms with Crippen molar-refractivity contribution in [1.82, 2.24) is 5.32 Å². The highest BCUT2D eigenvalue weighted by Crippen LogP contribution is 2.29. The largest absolute Gasteiger partial charge is 0.312 e. The molecule has 20 heavy (non-hydrogen) atoms. The van der Waals surface area contributed by atoms with Crippen molar-refractivity contribution >= 4 is 0 Å². The molecule has 0 aliphatic heterocycles. The van der Waals surface area contributed by atoms with Gasteiger partial charge in [0, 0.05) is 18.2 Å². The second-order valence-corrected chi connectivity index (χ2v) is 7.08. The molecule has 0 fully saturated rings. The zero-order valence-corrected chi connectivity index (χ0v) is 13.3. The Bertz CT molecular complexity index is 437. The van der Waals surface area contributed by atoms with Gasteiger partial charge in [-0.3, -0.25) is 0 Å². The van der Waals surface area contributed by atoms with Crippen LogP contribution >= 0.6 is 0 Å². The van der Waals surface area contributed by atoms with E-state index in [0.29, 0.717) is 12.0 Å². The minimum absolute atomic E-state index is 0.0271. The SMILES string of the molecule is CCCC(C)(CNC(C)(C)C)Cc1ccc(F)cc1F. The summed E-state index contributed by atoms with van der Waals surface area (Å²) in [6, 6.07) is 3.87. The van der Waals surface area contributed by atoms with Crippen LogP contribution in [0.2, 0.25) is 0 Å². The molecule has 0 heterocycles. The molecule has 0 aliphatic rings. The van der Waals surface area contributed by atoms with E-state index < -0.39 is 11.6 Å². The molecule has 1 aromatic rings. The molecule has 0 bridgehead atoms. The van der Waals surface area contributed by atoms with Crippen molar-refractivity contribution in [3.05, 3.63) is 35.4 Å². The molecular weight excluding hydrogens is 256 g/mol. The van der Waals surface area contributed by atoms with Gasteiger partial charge in [-0.1, -0.05) is 26.3 Å². The Labute approximate surface area is 121 Å². The number of hydrogen-bond acceptors (Lipinski definition) is 1. The van der Waals surface area contributed by atoms with Gasteiger partial charge in [0.25, 0.3) is 0 Å². The van der Waals surface area contributed by atoms with Crippen LogP contribution in [0.3, 0.4) is 0 Å². The fourth-order valence-electron chi connectivity index (χ4n) is 2.45. The Morgan fingerprint density at radius 2 is 1.75 bits per heavy atom. The van der Waals surface area contributed by atoms with Crippen LogP contribution in [0.15, 0.2) is 18.2 Å². The van der Waals surface area contributed by atoms with Gasteiger partial charge in [0.15, 0.2) is 0 Å². The van der Waals surface area contributed by atoms with Crippen LogP contribution in [0.25, 0.3) is 0 Å². The van der Waals surface area contributed by atoms with E-state index in [1.54, 1.807) is 6.07 Å². The normalized spacial score (nSPS) is 15.2. The molecule has 1 aromatic carbocycles. The molecule has 1 rings (SSSR count). The average Bonchev–Trinajstić information content (AvgIpc) is 2.30. The van der Waals surface area contributed by atoms with E-state index in [1.165, 1.54) is 6.07 Å². The summed E-state index contributed by atoms with van der Waals surface area (Å²) in [4.78, 5) is 0. The number of hydrogen-bond donors (Lipinski definition) is 1. The Kier molecular flexibility index (Phi) is 5.69. The first-order valence-corrected chi connectivity index (χ1v) is 7.34. The monoisotopic (exact) mass is 283 g/mol. The van der Waals surface area contributed by atoms with E-state index in [-0.39, 0.29) is 11.0 Å². The third-order valence-corrected chi connectivity index (χ3v) is 3.53. The maximum absolute atomic E-state index is 13.8. The number of halogens is 2. The molecule has 0 spiro atoms. The first-order chi connectivity index (χ1) is 9.15. The van der Waals surface area contributed by atoms with Crippen molar-refractivity contribution in [2.24, 2.45) is 5.41 Å². The van der Waals surface area contributed by atoms with Gasteiger partial charge in [0.05, 0.1) is 0 Å². The Hall–Kier alpha value is -0.960. The maximum atomic E-state index is 13.8. The molecule has 0 aromatic heterocycles. The summed E-state index contributed by atoms with van der Waals surface area (Å²) in [6.07, 6.45) is 2.67. The van der Waals surface area contributed by atoms with Crippen LogP contribution in [-0.4, -0.2) is 12.1 Å². The fraction of sp³-hybridized carbons (Fsp3) is 0.647. The van der Waals surface area contributed by atoms with Gasteiger partial charge >= 0.3 is 0 Å². The number of benzene rings is 1. The van der Waals surface area contributed by atoms with Crippen molar-refractivity contribution in [2.75, 3.05) is 6.54 Å². The number of nitrogens with one attached hydrogen (secondary N) is 1. The highest BCUT2D eigenvalue weighted by atomic mass is 19.1. The molecular formula is C17H27F2N. The highest BCUT2D eigenvalue weighted by molar-refractivity contribution is 5.20. The van der Waals surface area contributed by atoms with Crippen molar-refractivity contribution in [1.29, 1.82) is 0 Å². The molecule has 1 nitrogen and oxygen atoms in total. The van der Waals surface area contributed by atoms with Crippen LogP contribution in [0.5, 0.6) is 0 Å². The molecule has 0 saturated heterocycles. The average molecular weight is 283 g/mol. The summed E-state index contributed by atoms with van der Waals surface area (Å²) >= 11 is 0. The first-order valence-electron chi connectivity index (χ1n) is 7.34. The van der Waals surface area contributed by atoms with Gasteiger partial charge in [0.1, 0.15) is 11.6 Å². The van der Waals surface area contributed by atoms with Gasteiger partial charge in [-0.25, -0.2) is 8.78 Å². The predicted octanol–water partition coefficient (Wildman–Crippen LogP) is 4.70. The second-order valence-electron chi connectivity index (χ2n) is 7.08. The van der Waals surface area contributed by atoms with Gasteiger partial charge < -0.3 is 5.32 Å². The van der Waals surface area contributed by atoms with Gasteiger partial charge in [-0.15, -0.1) is 0 Å². The van der Waals surface area contributed by atoms with Crippen LogP contribution in [0, 0.1) is 17.0 Å². The van der Waals surface area contributed by atoms with Crippen molar-refractivity contribution in [3.8, 4) is 0 Å². The van der Waals surface area contributed by atoms with E-state index in [1.807, 2.05) is 0 Å². The third-order valence-electron chi connectivity index (χ3n) is 3.53. The molecule has 1 N–H and O–H groups in total. The van der Waals surface area contributed by atoms with E-state index in [2.05, 4.69) is 39.9 Å². The summed E-state index contributed by atoms with van der Waals surface area (Å²) in [5, 5.41) is 3.50. The summed E-state index contributed by atoms with van der Waals surface area (Å²) in [6.45, 7) is 11.5. The smallest absolute Gasteiger partial charge is 0.129 e. The maximum Gasteiger partial charge on any atom is 0.129 e. The lowest BCUT2D eigenvalue weighted by Gasteiger charge is -2.34. The van der Waals surface area contributed by atoms with Gasteiger partial charge in [-0.2, -0.15) is 0 Å². The van der Waals surface area contributed by atoms with E-state index >= 15 is 0 Å². The molecule has 3 heteroatoms. The summed E-state index contributed by atoms with van der Waals surface area (Å²) in [5.41, 5.74) is 0.606. The summed E-state index contributed by atoms with van der Waals surface area (Å²) in [5.74, 6) is -0.959. The molecule has 0 saturated carbocycles. The zero-order valence-electron chi connectivity index (χ0n) is 13.3. The standard InChI is InChI=1S/C17H27F2N/c1-6-9-17(5,12-20-16(2,3)4)11-13-7-8-14(18)10-15(13)19/h7-8,10,20H,6,9,11-12H2,1-5H3. The minimum atomic E-state index is -0.517. The fourth-order valence-corrected chi connectivity index (χ4v) is 2.45. The quantitative estimate of drug-likeness (QED) is 0.798. The topological polar surface area (TPSA) is 12.0 Å². The molecule has 1 atom stereocenters. The lowest BCUT2D eigenvalue weighted by Crippen LogP contribution is -2.43. The second kappa shape index (κ2) is 6.66. The predicted molar refractivity (Wildman–Crippen MR) is 80.8 cm³/mol. The van der Waals surface area contributed by atoms with Crippen molar-refractivity contribution in [2.45, 2.75) is 59.4 Å². The van der Waals surface area contributed by atoms with E-state index in [4.69, 9.17) is 0 Å². The Morgan fingerprint density at radius 1 is 1.10 bits per heavy atom. The first kappa shape index (κ1) is 17.1. The highest BCUT2D eigenvalue weighted by Gasteiger charge is 2.27. The third kappa shape index (κ3) is 5.58. The number of rotatable bonds is 6. The molecule has 0 radical (unpaired) electrons. The lowest BCUT2D eigenvalue weighted by atomic mass is 9.79. The lowest BCUT2D eigenvalue weighted by molar-refractivity contribution is 0.241. The van der Waals surface area contributed by atoms with E-state index in [9.17, 15) is 8.78 Å². The Morgan fingerprint density at radius 3 is 2.25 bits per heavy atom. The van der Waals surface area contributed by atoms with Crippen LogP contribution in [0.4, 0.5) is 8.78 Å². The van der Waals surface area contributed by atoms with Crippen LogP contribution in [0.1, 0.15) is 53.0 Å². The van der Waals surface area contributed by atoms with Gasteiger partial charge in [0.2, 0.25) is 0 Å². The van der Waals surface area contributed by atoms with E-state index in [0.717, 1.165) is 25.5 Å². The van der Waals surface area contributed by atoms with Crippen LogP contribution < -0.4 is 5.32 Å². The molecule has 0 amide bonds. The summed E-state index contributed by atoms with van der Waals surface area (Å²) < 4.78 is 26.8. The molecule has 1 unspecified atom stereocenters. The van der Waals surface area contributed by atoms with Crippen molar-refractivity contribution < 1.29 is 8.78 Å². The van der Waals surface area contributed by atoms with Crippen molar-refractivity contribution in [3.63, 3.8) is 0 Å². The molecule has 114 valence electrons. The zero-order chi connectivity index (χ0) is 15.4. The Balaban J connectivity index is 2.84. The van der Waals surface area contributed by atoms with Gasteiger partial charge in [-0.05, 0) is 50.7 Å². The molecule has 0 aliphatic carbocycles. The van der Waals surface area contributed by atoms with Crippen LogP contribution in [-0.2, 0) is 6.42 Å². The summed E-state index contributed by atoms with van der Waals surface area (Å²) in [7, 11) is 0.